The molecule has 1 fully saturated rings. The van der Waals surface area contributed by atoms with Gasteiger partial charge in [0.15, 0.2) is 0 Å². The first-order valence-electron chi connectivity index (χ1n) is 6.47. The Balaban J connectivity index is 2.67. The number of urea groups is 1. The van der Waals surface area contributed by atoms with Crippen LogP contribution in [-0.2, 0) is 4.79 Å². The van der Waals surface area contributed by atoms with E-state index in [9.17, 15) is 14.7 Å². The maximum atomic E-state index is 12.0. The summed E-state index contributed by atoms with van der Waals surface area (Å²) < 4.78 is 0. The van der Waals surface area contributed by atoms with E-state index in [4.69, 9.17) is 5.11 Å². The summed E-state index contributed by atoms with van der Waals surface area (Å²) in [5.41, 5.74) is -1.11. The maximum absolute atomic E-state index is 12.0. The lowest BCUT2D eigenvalue weighted by Crippen LogP contribution is -2.56. The monoisotopic (exact) mass is 258 g/mol. The molecule has 0 heterocycles. The normalized spacial score (nSPS) is 17.4. The van der Waals surface area contributed by atoms with Crippen LogP contribution in [-0.4, -0.2) is 52.3 Å². The Morgan fingerprint density at radius 1 is 1.28 bits per heavy atom. The van der Waals surface area contributed by atoms with Gasteiger partial charge in [0.25, 0.3) is 0 Å². The average Bonchev–Trinajstić information content (AvgIpc) is 2.78. The van der Waals surface area contributed by atoms with Gasteiger partial charge in [-0.3, -0.25) is 0 Å². The minimum atomic E-state index is -1.11. The molecular weight excluding hydrogens is 236 g/mol. The van der Waals surface area contributed by atoms with Gasteiger partial charge in [-0.2, -0.15) is 0 Å². The summed E-state index contributed by atoms with van der Waals surface area (Å²) in [6.45, 7) is 2.56. The zero-order valence-corrected chi connectivity index (χ0v) is 10.8. The standard InChI is InChI=1S/C12H22N2O4/c1-2-7-14(8-9-15)11(18)13-12(10(16)17)5-3-4-6-12/h15H,2-9H2,1H3,(H,13,18)(H,16,17). The van der Waals surface area contributed by atoms with E-state index in [2.05, 4.69) is 5.32 Å². The van der Waals surface area contributed by atoms with Crippen molar-refractivity contribution >= 4 is 12.0 Å². The second-order valence-corrected chi connectivity index (χ2v) is 4.74. The van der Waals surface area contributed by atoms with Crippen LogP contribution in [0.3, 0.4) is 0 Å². The van der Waals surface area contributed by atoms with Crippen LogP contribution in [0.4, 0.5) is 4.79 Å². The number of aliphatic carboxylic acids is 1. The number of nitrogens with zero attached hydrogens (tertiary/aromatic N) is 1. The molecule has 1 aliphatic carbocycles. The van der Waals surface area contributed by atoms with E-state index in [0.29, 0.717) is 19.4 Å². The van der Waals surface area contributed by atoms with Crippen molar-refractivity contribution in [1.82, 2.24) is 10.2 Å². The Labute approximate surface area is 107 Å². The summed E-state index contributed by atoms with van der Waals surface area (Å²) in [6.07, 6.45) is 3.37. The Morgan fingerprint density at radius 2 is 1.89 bits per heavy atom. The highest BCUT2D eigenvalue weighted by molar-refractivity contribution is 5.86. The van der Waals surface area contributed by atoms with E-state index in [-0.39, 0.29) is 13.2 Å². The Bertz CT molecular complexity index is 294. The van der Waals surface area contributed by atoms with Crippen LogP contribution >= 0.6 is 0 Å². The summed E-state index contributed by atoms with van der Waals surface area (Å²) in [5.74, 6) is -0.964. The largest absolute Gasteiger partial charge is 0.480 e. The molecule has 18 heavy (non-hydrogen) atoms. The number of aliphatic hydroxyl groups excluding tert-OH is 1. The number of hydrogen-bond donors (Lipinski definition) is 3. The summed E-state index contributed by atoms with van der Waals surface area (Å²) in [7, 11) is 0. The molecule has 0 bridgehead atoms. The number of rotatable bonds is 6. The van der Waals surface area contributed by atoms with Gasteiger partial charge >= 0.3 is 12.0 Å². The van der Waals surface area contributed by atoms with E-state index in [1.807, 2.05) is 6.92 Å². The van der Waals surface area contributed by atoms with Crippen LogP contribution < -0.4 is 5.32 Å². The molecule has 1 rings (SSSR count). The van der Waals surface area contributed by atoms with E-state index >= 15 is 0 Å². The third-order valence-electron chi connectivity index (χ3n) is 3.36. The van der Waals surface area contributed by atoms with Gasteiger partial charge in [-0.1, -0.05) is 19.8 Å². The zero-order valence-electron chi connectivity index (χ0n) is 10.8. The van der Waals surface area contributed by atoms with Gasteiger partial charge in [0.2, 0.25) is 0 Å². The second-order valence-electron chi connectivity index (χ2n) is 4.74. The van der Waals surface area contributed by atoms with Gasteiger partial charge in [-0.15, -0.1) is 0 Å². The predicted molar refractivity (Wildman–Crippen MR) is 66.3 cm³/mol. The van der Waals surface area contributed by atoms with Crippen LogP contribution in [0.1, 0.15) is 39.0 Å². The van der Waals surface area contributed by atoms with Crippen LogP contribution in [0.15, 0.2) is 0 Å². The van der Waals surface area contributed by atoms with E-state index in [0.717, 1.165) is 19.3 Å². The van der Waals surface area contributed by atoms with Gasteiger partial charge in [-0.25, -0.2) is 9.59 Å². The quantitative estimate of drug-likeness (QED) is 0.657. The SMILES string of the molecule is CCCN(CCO)C(=O)NC1(C(=O)O)CCCC1. The fourth-order valence-electron chi connectivity index (χ4n) is 2.36. The number of amides is 2. The van der Waals surface area contributed by atoms with Crippen molar-refractivity contribution in [1.29, 1.82) is 0 Å². The minimum Gasteiger partial charge on any atom is -0.480 e. The summed E-state index contributed by atoms with van der Waals surface area (Å²) in [5, 5.41) is 20.8. The summed E-state index contributed by atoms with van der Waals surface area (Å²) in [6, 6.07) is -0.393. The highest BCUT2D eigenvalue weighted by Gasteiger charge is 2.43. The lowest BCUT2D eigenvalue weighted by Gasteiger charge is -2.30. The molecule has 6 heteroatoms. The molecule has 0 spiro atoms. The predicted octanol–water partition coefficient (Wildman–Crippen LogP) is 0.798. The second kappa shape index (κ2) is 6.58. The highest BCUT2D eigenvalue weighted by atomic mass is 16.4. The lowest BCUT2D eigenvalue weighted by molar-refractivity contribution is -0.144. The van der Waals surface area contributed by atoms with Crippen molar-refractivity contribution in [2.75, 3.05) is 19.7 Å². The Kier molecular flexibility index (Phi) is 5.40. The van der Waals surface area contributed by atoms with E-state index < -0.39 is 17.5 Å². The summed E-state index contributed by atoms with van der Waals surface area (Å²) >= 11 is 0. The number of nitrogens with one attached hydrogen (secondary N) is 1. The maximum Gasteiger partial charge on any atom is 0.329 e. The molecule has 0 aromatic rings. The zero-order chi connectivity index (χ0) is 13.6. The first kappa shape index (κ1) is 14.8. The van der Waals surface area contributed by atoms with Crippen molar-refractivity contribution in [2.24, 2.45) is 0 Å². The molecule has 1 aliphatic rings. The third-order valence-corrected chi connectivity index (χ3v) is 3.36. The topological polar surface area (TPSA) is 89.9 Å². The van der Waals surface area contributed by atoms with Crippen LogP contribution in [0.25, 0.3) is 0 Å². The summed E-state index contributed by atoms with van der Waals surface area (Å²) in [4.78, 5) is 24.8. The smallest absolute Gasteiger partial charge is 0.329 e. The molecule has 1 saturated carbocycles. The molecule has 0 unspecified atom stereocenters. The van der Waals surface area contributed by atoms with Crippen molar-refractivity contribution in [3.63, 3.8) is 0 Å². The third kappa shape index (κ3) is 3.35. The van der Waals surface area contributed by atoms with Crippen molar-refractivity contribution in [3.8, 4) is 0 Å². The number of hydrogen-bond acceptors (Lipinski definition) is 3. The highest BCUT2D eigenvalue weighted by Crippen LogP contribution is 2.30. The number of carbonyl (C=O) groups excluding carboxylic acids is 1. The molecule has 0 aromatic carbocycles. The fourth-order valence-corrected chi connectivity index (χ4v) is 2.36. The van der Waals surface area contributed by atoms with Crippen molar-refractivity contribution in [3.05, 3.63) is 0 Å². The first-order valence-corrected chi connectivity index (χ1v) is 6.47. The van der Waals surface area contributed by atoms with Crippen LogP contribution in [0.5, 0.6) is 0 Å². The molecular formula is C12H22N2O4. The fraction of sp³-hybridized carbons (Fsp3) is 0.833. The van der Waals surface area contributed by atoms with E-state index in [1.54, 1.807) is 0 Å². The molecule has 104 valence electrons. The van der Waals surface area contributed by atoms with Gasteiger partial charge in [0.05, 0.1) is 6.61 Å². The number of carbonyl (C=O) groups is 2. The molecule has 0 aromatic heterocycles. The number of carboxylic acids is 1. The van der Waals surface area contributed by atoms with Crippen LogP contribution in [0.2, 0.25) is 0 Å². The number of carboxylic acid groups (broad SMARTS) is 1. The molecule has 0 radical (unpaired) electrons. The minimum absolute atomic E-state index is 0.118. The first-order chi connectivity index (χ1) is 8.55. The lowest BCUT2D eigenvalue weighted by atomic mass is 9.98. The molecule has 2 amide bonds. The number of aliphatic hydroxyl groups is 1. The van der Waals surface area contributed by atoms with Crippen molar-refractivity contribution < 1.29 is 19.8 Å². The Hall–Kier alpha value is -1.30. The van der Waals surface area contributed by atoms with E-state index in [1.165, 1.54) is 4.90 Å². The average molecular weight is 258 g/mol. The van der Waals surface area contributed by atoms with Gasteiger partial charge in [0.1, 0.15) is 5.54 Å². The molecule has 3 N–H and O–H groups in total. The van der Waals surface area contributed by atoms with Gasteiger partial charge < -0.3 is 20.4 Å². The van der Waals surface area contributed by atoms with Crippen molar-refractivity contribution in [2.45, 2.75) is 44.6 Å². The van der Waals surface area contributed by atoms with Gasteiger partial charge in [-0.05, 0) is 19.3 Å². The van der Waals surface area contributed by atoms with Crippen LogP contribution in [0, 0.1) is 0 Å². The molecule has 6 nitrogen and oxygen atoms in total. The molecule has 0 atom stereocenters. The molecule has 0 saturated heterocycles. The van der Waals surface area contributed by atoms with Gasteiger partial charge in [0, 0.05) is 13.1 Å². The Morgan fingerprint density at radius 3 is 2.33 bits per heavy atom. The molecule has 0 aliphatic heterocycles.